The van der Waals surface area contributed by atoms with Crippen LogP contribution in [0, 0.1) is 20.2 Å². The number of nitrogens with one attached hydrogen (secondary N) is 2. The van der Waals surface area contributed by atoms with E-state index in [4.69, 9.17) is 0 Å². The molecule has 3 aromatic carbocycles. The smallest absolute Gasteiger partial charge is 0.314 e. The summed E-state index contributed by atoms with van der Waals surface area (Å²) in [4.78, 5) is 43.9. The van der Waals surface area contributed by atoms with Crippen LogP contribution in [0.1, 0.15) is 0 Å². The average molecular weight is 520 g/mol. The number of nitro benzene ring substituents is 2. The molecule has 0 bridgehead atoms. The highest BCUT2D eigenvalue weighted by molar-refractivity contribution is 7.85. The minimum Gasteiger partial charge on any atom is -0.506 e. The molecule has 0 aliphatic heterocycles. The summed E-state index contributed by atoms with van der Waals surface area (Å²) in [5.74, 6) is -1.56. The van der Waals surface area contributed by atoms with E-state index in [1.54, 1.807) is 0 Å². The average Bonchev–Trinajstić information content (AvgIpc) is 2.79. The van der Waals surface area contributed by atoms with Crippen LogP contribution >= 0.6 is 0 Å². The molecule has 0 fully saturated rings. The molecule has 36 heavy (non-hydrogen) atoms. The van der Waals surface area contributed by atoms with Gasteiger partial charge in [-0.2, -0.15) is 18.6 Å². The van der Waals surface area contributed by atoms with Crippen LogP contribution in [-0.4, -0.2) is 33.0 Å². The van der Waals surface area contributed by atoms with E-state index < -0.39 is 75.0 Å². The molecule has 0 radical (unpaired) electrons. The standard InChI is InChI=1S/C18H12N6O11S/c25-14-3-1-8(23(29)30)5-11(14)20-19-10-2-4-15(26)16(18(10)28)22-21-12-6-9(36(33,34)35)7-13(17(12)27)24(31)32/h1-7,20-21,25,27H,(H,33,34,35). The fraction of sp³-hybridized carbons (Fsp3) is 0. The highest BCUT2D eigenvalue weighted by Crippen LogP contribution is 2.36. The Morgan fingerprint density at radius 1 is 0.861 bits per heavy atom. The first-order valence-electron chi connectivity index (χ1n) is 9.20. The molecule has 3 rings (SSSR count). The second-order valence-corrected chi connectivity index (χ2v) is 8.16. The van der Waals surface area contributed by atoms with Crippen molar-refractivity contribution in [2.75, 3.05) is 10.9 Å². The third-order valence-electron chi connectivity index (χ3n) is 4.41. The summed E-state index contributed by atoms with van der Waals surface area (Å²) in [7, 11) is -4.96. The lowest BCUT2D eigenvalue weighted by atomic mass is 10.2. The van der Waals surface area contributed by atoms with Crippen molar-refractivity contribution in [3.8, 4) is 11.5 Å². The first-order chi connectivity index (χ1) is 16.8. The van der Waals surface area contributed by atoms with Crippen molar-refractivity contribution in [3.63, 3.8) is 0 Å². The number of phenols is 2. The van der Waals surface area contributed by atoms with Crippen molar-refractivity contribution < 1.29 is 33.0 Å². The molecule has 0 saturated heterocycles. The van der Waals surface area contributed by atoms with Gasteiger partial charge in [-0.25, -0.2) is 0 Å². The van der Waals surface area contributed by atoms with Gasteiger partial charge in [0.1, 0.15) is 27.4 Å². The van der Waals surface area contributed by atoms with E-state index in [-0.39, 0.29) is 5.69 Å². The Hall–Kier alpha value is -5.23. The number of anilines is 2. The van der Waals surface area contributed by atoms with Gasteiger partial charge in [0.2, 0.25) is 16.6 Å². The van der Waals surface area contributed by atoms with Gasteiger partial charge in [-0.3, -0.25) is 45.2 Å². The molecule has 17 nitrogen and oxygen atoms in total. The molecule has 0 spiro atoms. The molecule has 3 aromatic rings. The number of rotatable bonds is 7. The lowest BCUT2D eigenvalue weighted by Crippen LogP contribution is -2.47. The number of nitro groups is 2. The van der Waals surface area contributed by atoms with Crippen LogP contribution in [-0.2, 0) is 10.1 Å². The molecule has 5 N–H and O–H groups in total. The molecule has 0 heterocycles. The van der Waals surface area contributed by atoms with Crippen LogP contribution < -0.4 is 32.4 Å². The zero-order valence-electron chi connectivity index (χ0n) is 17.3. The normalized spacial score (nSPS) is 12.4. The fourth-order valence-corrected chi connectivity index (χ4v) is 3.19. The SMILES string of the molecule is O=c1ccc(=NNc2cc([N+](=O)[O-])ccc2O)c(=O)c1=NNc1cc(S(=O)(=O)O)cc([N+](=O)[O-])c1O. The van der Waals surface area contributed by atoms with Crippen molar-refractivity contribution in [2.45, 2.75) is 4.90 Å². The van der Waals surface area contributed by atoms with Crippen LogP contribution in [0.3, 0.4) is 0 Å². The second-order valence-electron chi connectivity index (χ2n) is 6.74. The van der Waals surface area contributed by atoms with Crippen LogP contribution in [0.4, 0.5) is 22.7 Å². The second kappa shape index (κ2) is 9.56. The first kappa shape index (κ1) is 25.4. The van der Waals surface area contributed by atoms with Crippen molar-refractivity contribution in [3.05, 3.63) is 93.9 Å². The summed E-state index contributed by atoms with van der Waals surface area (Å²) in [5, 5.41) is 47.6. The molecule has 0 aliphatic carbocycles. The molecule has 0 aliphatic rings. The first-order valence-corrected chi connectivity index (χ1v) is 10.6. The molecule has 0 amide bonds. The topological polar surface area (TPSA) is 264 Å². The van der Waals surface area contributed by atoms with Gasteiger partial charge in [0.05, 0.1) is 9.85 Å². The zero-order valence-corrected chi connectivity index (χ0v) is 18.2. The third-order valence-corrected chi connectivity index (χ3v) is 5.24. The Labute approximate surface area is 197 Å². The van der Waals surface area contributed by atoms with Gasteiger partial charge in [0, 0.05) is 18.2 Å². The third kappa shape index (κ3) is 5.29. The predicted molar refractivity (Wildman–Crippen MR) is 119 cm³/mol. The van der Waals surface area contributed by atoms with Gasteiger partial charge in [0.15, 0.2) is 5.36 Å². The highest BCUT2D eigenvalue weighted by Gasteiger charge is 2.24. The van der Waals surface area contributed by atoms with Crippen molar-refractivity contribution in [1.82, 2.24) is 0 Å². The number of non-ortho nitro benzene ring substituents is 1. The lowest BCUT2D eigenvalue weighted by molar-refractivity contribution is -0.386. The summed E-state index contributed by atoms with van der Waals surface area (Å²) in [5.41, 5.74) is -0.394. The summed E-state index contributed by atoms with van der Waals surface area (Å²) in [6.07, 6.45) is 0. The molecule has 186 valence electrons. The zero-order chi connectivity index (χ0) is 26.8. The van der Waals surface area contributed by atoms with E-state index in [9.17, 15) is 53.0 Å². The summed E-state index contributed by atoms with van der Waals surface area (Å²) < 4.78 is 32.0. The maximum atomic E-state index is 12.6. The minimum absolute atomic E-state index is 0.245. The summed E-state index contributed by atoms with van der Waals surface area (Å²) >= 11 is 0. The van der Waals surface area contributed by atoms with Crippen molar-refractivity contribution in [2.24, 2.45) is 10.2 Å². The number of phenolic OH excluding ortho intramolecular Hbond substituents is 2. The molecular weight excluding hydrogens is 508 g/mol. The molecule has 0 aromatic heterocycles. The van der Waals surface area contributed by atoms with E-state index in [0.29, 0.717) is 12.1 Å². The van der Waals surface area contributed by atoms with Gasteiger partial charge >= 0.3 is 5.69 Å². The van der Waals surface area contributed by atoms with E-state index in [0.717, 1.165) is 30.3 Å². The van der Waals surface area contributed by atoms with Crippen molar-refractivity contribution >= 4 is 32.9 Å². The fourth-order valence-electron chi connectivity index (χ4n) is 2.67. The number of aromatic hydroxyl groups is 2. The van der Waals surface area contributed by atoms with Gasteiger partial charge in [-0.05, 0) is 24.3 Å². The van der Waals surface area contributed by atoms with Gasteiger partial charge in [-0.1, -0.05) is 0 Å². The van der Waals surface area contributed by atoms with E-state index in [1.807, 2.05) is 5.43 Å². The number of hydrogen-bond acceptors (Lipinski definition) is 14. The van der Waals surface area contributed by atoms with E-state index in [1.165, 1.54) is 0 Å². The van der Waals surface area contributed by atoms with Gasteiger partial charge in [-0.15, -0.1) is 0 Å². The monoisotopic (exact) mass is 520 g/mol. The predicted octanol–water partition coefficient (Wildman–Crippen LogP) is -0.387. The quantitative estimate of drug-likeness (QED) is 0.115. The Morgan fingerprint density at radius 3 is 2.14 bits per heavy atom. The van der Waals surface area contributed by atoms with Crippen LogP contribution in [0.5, 0.6) is 11.5 Å². The Balaban J connectivity index is 2.08. The Bertz CT molecular complexity index is 1740. The van der Waals surface area contributed by atoms with Crippen LogP contribution in [0.15, 0.2) is 67.2 Å². The maximum Gasteiger partial charge on any atom is 0.314 e. The van der Waals surface area contributed by atoms with Crippen LogP contribution in [0.2, 0.25) is 0 Å². The van der Waals surface area contributed by atoms with Gasteiger partial charge in [0.25, 0.3) is 15.8 Å². The minimum atomic E-state index is -4.96. The van der Waals surface area contributed by atoms with E-state index in [2.05, 4.69) is 15.6 Å². The highest BCUT2D eigenvalue weighted by atomic mass is 32.2. The van der Waals surface area contributed by atoms with Crippen molar-refractivity contribution in [1.29, 1.82) is 0 Å². The molecule has 0 atom stereocenters. The molecular formula is C18H12N6O11S. The molecule has 0 saturated carbocycles. The summed E-state index contributed by atoms with van der Waals surface area (Å²) in [6, 6.07) is 5.71. The summed E-state index contributed by atoms with van der Waals surface area (Å²) in [6.45, 7) is 0. The van der Waals surface area contributed by atoms with Crippen LogP contribution in [0.25, 0.3) is 0 Å². The number of benzene rings is 3. The number of hydrogen-bond donors (Lipinski definition) is 5. The van der Waals surface area contributed by atoms with E-state index >= 15 is 0 Å². The van der Waals surface area contributed by atoms with Gasteiger partial charge < -0.3 is 10.2 Å². The molecule has 0 unspecified atom stereocenters. The Morgan fingerprint density at radius 2 is 1.53 bits per heavy atom. The lowest BCUT2D eigenvalue weighted by Gasteiger charge is -2.06. The largest absolute Gasteiger partial charge is 0.506 e. The number of nitrogens with zero attached hydrogens (tertiary/aromatic N) is 4. The Kier molecular flexibility index (Phi) is 6.74. The molecule has 18 heteroatoms. The maximum absolute atomic E-state index is 12.6.